The summed E-state index contributed by atoms with van der Waals surface area (Å²) >= 11 is 0. The van der Waals surface area contributed by atoms with Crippen molar-refractivity contribution in [2.24, 2.45) is 23.7 Å². The van der Waals surface area contributed by atoms with Gasteiger partial charge >= 0.3 is 5.97 Å². The lowest BCUT2D eigenvalue weighted by molar-refractivity contribution is -0.320. The quantitative estimate of drug-likeness (QED) is 0.198. The van der Waals surface area contributed by atoms with Crippen LogP contribution in [0.25, 0.3) is 0 Å². The molecule has 3 heterocycles. The number of methoxy groups -OCH3 is 1. The summed E-state index contributed by atoms with van der Waals surface area (Å²) in [6, 6.07) is -0.316. The van der Waals surface area contributed by atoms with Crippen LogP contribution in [0.3, 0.4) is 0 Å². The van der Waals surface area contributed by atoms with Crippen LogP contribution in [0.4, 0.5) is 0 Å². The average Bonchev–Trinajstić information content (AvgIpc) is 3.11. The number of ketones is 1. The highest BCUT2D eigenvalue weighted by Crippen LogP contribution is 2.42. The third-order valence-corrected chi connectivity index (χ3v) is 12.3. The van der Waals surface area contributed by atoms with E-state index in [1.54, 1.807) is 41.5 Å². The number of esters is 1. The van der Waals surface area contributed by atoms with Crippen molar-refractivity contribution >= 4 is 11.8 Å². The van der Waals surface area contributed by atoms with Crippen LogP contribution in [0.5, 0.6) is 0 Å². The van der Waals surface area contributed by atoms with E-state index in [4.69, 9.17) is 39.6 Å². The second-order valence-electron chi connectivity index (χ2n) is 16.9. The van der Waals surface area contributed by atoms with Crippen LogP contribution < -0.4 is 0 Å². The number of aliphatic hydroxyl groups excluding tert-OH is 3. The van der Waals surface area contributed by atoms with E-state index in [9.17, 15) is 30.0 Å². The molecule has 14 heteroatoms. The minimum Gasteiger partial charge on any atom is -0.459 e. The van der Waals surface area contributed by atoms with Crippen LogP contribution in [0.2, 0.25) is 0 Å². The first-order valence-corrected chi connectivity index (χ1v) is 19.4. The zero-order valence-electron chi connectivity index (χ0n) is 34.7. The molecule has 0 bridgehead atoms. The molecule has 0 aromatic heterocycles. The highest BCUT2D eigenvalue weighted by Gasteiger charge is 2.54. The van der Waals surface area contributed by atoms with Gasteiger partial charge in [0.15, 0.2) is 12.6 Å². The Hall–Kier alpha value is -1.74. The standard InChI is InChI=1S/C40H69NO13/c1-15-17-49-39(10)19-21(3)30(42)23(5)33(44)40(11,47)28(16-2)52-36(46)25(7)32(53-29-20-38(9,48-14)34(45)26(8)51-29)24(6)35(39)54-37-31(43)27(41(12)13)18-22(4)50-37/h1,21-29,31-35,37,43-45,47H,16-20H2,2-14H3/t21-,22-,23+,24+,25-,26+,27+,28?,29+,31-,32?,33-,34+,35-,37+,38-,39-,40-/m1/s1. The van der Waals surface area contributed by atoms with Crippen molar-refractivity contribution in [2.75, 3.05) is 27.8 Å². The van der Waals surface area contributed by atoms with Crippen LogP contribution in [0.1, 0.15) is 94.9 Å². The van der Waals surface area contributed by atoms with Gasteiger partial charge in [-0.3, -0.25) is 9.59 Å². The highest BCUT2D eigenvalue weighted by molar-refractivity contribution is 5.83. The van der Waals surface area contributed by atoms with Crippen LogP contribution in [0, 0.1) is 36.0 Å². The molecule has 18 atom stereocenters. The summed E-state index contributed by atoms with van der Waals surface area (Å²) in [4.78, 5) is 30.2. The summed E-state index contributed by atoms with van der Waals surface area (Å²) < 4.78 is 44.2. The molecule has 3 aliphatic rings. The Morgan fingerprint density at radius 3 is 2.11 bits per heavy atom. The summed E-state index contributed by atoms with van der Waals surface area (Å²) in [5, 5.41) is 45.8. The van der Waals surface area contributed by atoms with Crippen LogP contribution in [-0.2, 0) is 42.7 Å². The highest BCUT2D eigenvalue weighted by atomic mass is 16.7. The molecule has 4 N–H and O–H groups in total. The van der Waals surface area contributed by atoms with Crippen molar-refractivity contribution in [2.45, 2.75) is 179 Å². The molecule has 14 nitrogen and oxygen atoms in total. The topological polar surface area (TPSA) is 183 Å². The predicted molar refractivity (Wildman–Crippen MR) is 199 cm³/mol. The summed E-state index contributed by atoms with van der Waals surface area (Å²) in [6.45, 7) is 16.7. The molecule has 3 rings (SSSR count). The fraction of sp³-hybridized carbons (Fsp3) is 0.900. The Balaban J connectivity index is 2.27. The number of rotatable bonds is 9. The molecule has 0 spiro atoms. The molecular weight excluding hydrogens is 702 g/mol. The van der Waals surface area contributed by atoms with Crippen LogP contribution in [-0.4, -0.2) is 149 Å². The lowest BCUT2D eigenvalue weighted by atomic mass is 9.73. The number of likely N-dealkylation sites (N-methyl/N-ethyl adjacent to an activating group) is 1. The second kappa shape index (κ2) is 18.7. The van der Waals surface area contributed by atoms with Crippen molar-refractivity contribution in [3.05, 3.63) is 0 Å². The molecule has 0 radical (unpaired) electrons. The van der Waals surface area contributed by atoms with Gasteiger partial charge in [-0.25, -0.2) is 0 Å². The van der Waals surface area contributed by atoms with Gasteiger partial charge in [-0.1, -0.05) is 33.6 Å². The maximum absolute atomic E-state index is 14.2. The molecule has 3 saturated heterocycles. The molecule has 0 amide bonds. The maximum atomic E-state index is 14.2. The van der Waals surface area contributed by atoms with E-state index in [-0.39, 0.29) is 43.8 Å². The predicted octanol–water partition coefficient (Wildman–Crippen LogP) is 2.44. The van der Waals surface area contributed by atoms with E-state index < -0.39 is 102 Å². The van der Waals surface area contributed by atoms with Crippen molar-refractivity contribution in [1.82, 2.24) is 4.90 Å². The minimum absolute atomic E-state index is 0.0326. The molecule has 0 aromatic carbocycles. The molecule has 3 aliphatic heterocycles. The van der Waals surface area contributed by atoms with Gasteiger partial charge in [0.1, 0.15) is 36.3 Å². The summed E-state index contributed by atoms with van der Waals surface area (Å²) in [5.41, 5.74) is -4.43. The van der Waals surface area contributed by atoms with Gasteiger partial charge in [0, 0.05) is 37.3 Å². The molecule has 54 heavy (non-hydrogen) atoms. The Morgan fingerprint density at radius 2 is 1.56 bits per heavy atom. The van der Waals surface area contributed by atoms with E-state index in [0.29, 0.717) is 6.42 Å². The molecule has 0 aliphatic carbocycles. The van der Waals surface area contributed by atoms with Gasteiger partial charge < -0.3 is 58.5 Å². The molecule has 3 fully saturated rings. The zero-order chi connectivity index (χ0) is 41.1. The van der Waals surface area contributed by atoms with Crippen molar-refractivity contribution in [3.63, 3.8) is 0 Å². The van der Waals surface area contributed by atoms with E-state index in [2.05, 4.69) is 5.92 Å². The summed E-state index contributed by atoms with van der Waals surface area (Å²) in [5.74, 6) is -2.23. The Bertz CT molecular complexity index is 1290. The normalized spacial score (nSPS) is 47.5. The first kappa shape index (κ1) is 46.6. The smallest absolute Gasteiger partial charge is 0.311 e. The first-order chi connectivity index (χ1) is 25.0. The number of hydrogen-bond donors (Lipinski definition) is 4. The Morgan fingerprint density at radius 1 is 0.926 bits per heavy atom. The number of hydrogen-bond acceptors (Lipinski definition) is 14. The number of ether oxygens (including phenoxy) is 7. The fourth-order valence-corrected chi connectivity index (χ4v) is 8.73. The van der Waals surface area contributed by atoms with Crippen molar-refractivity contribution in [1.29, 1.82) is 0 Å². The molecule has 0 saturated carbocycles. The average molecular weight is 772 g/mol. The van der Waals surface area contributed by atoms with Crippen molar-refractivity contribution in [3.8, 4) is 12.3 Å². The molecular formula is C40H69NO13. The second-order valence-corrected chi connectivity index (χ2v) is 16.9. The third-order valence-electron chi connectivity index (χ3n) is 12.3. The van der Waals surface area contributed by atoms with Gasteiger partial charge in [-0.15, -0.1) is 6.42 Å². The number of carbonyl (C=O) groups is 2. The molecule has 0 aromatic rings. The lowest BCUT2D eigenvalue weighted by Gasteiger charge is -2.50. The lowest BCUT2D eigenvalue weighted by Crippen LogP contribution is -2.61. The first-order valence-electron chi connectivity index (χ1n) is 19.4. The molecule has 312 valence electrons. The largest absolute Gasteiger partial charge is 0.459 e. The number of Topliss-reactive ketones (excluding diaryl/α,β-unsaturated/α-hetero) is 1. The number of aliphatic hydroxyl groups is 4. The van der Waals surface area contributed by atoms with Gasteiger partial charge in [0.25, 0.3) is 0 Å². The van der Waals surface area contributed by atoms with E-state index in [0.717, 1.165) is 0 Å². The van der Waals surface area contributed by atoms with Gasteiger partial charge in [-0.05, 0) is 74.9 Å². The Labute approximate surface area is 322 Å². The van der Waals surface area contributed by atoms with E-state index >= 15 is 0 Å². The summed E-state index contributed by atoms with van der Waals surface area (Å²) in [6.07, 6.45) is -3.54. The minimum atomic E-state index is -1.99. The van der Waals surface area contributed by atoms with E-state index in [1.165, 1.54) is 21.0 Å². The zero-order valence-corrected chi connectivity index (χ0v) is 34.7. The third kappa shape index (κ3) is 10.0. The van der Waals surface area contributed by atoms with Gasteiger partial charge in [-0.2, -0.15) is 0 Å². The molecule has 2 unspecified atom stereocenters. The fourth-order valence-electron chi connectivity index (χ4n) is 8.73. The summed E-state index contributed by atoms with van der Waals surface area (Å²) in [7, 11) is 5.22. The van der Waals surface area contributed by atoms with Crippen molar-refractivity contribution < 1.29 is 63.2 Å². The number of nitrogens with zero attached hydrogens (tertiary/aromatic N) is 1. The SMILES string of the molecule is C#CCO[C@]1(C)C[C@@H](C)C(=O)[C@H](C)[C@@H](O)[C@](C)(O)C(CC)OC(=O)[C@H](C)C(O[C@H]2C[C@@](C)(OC)[C@@H](O)[C@H](C)O2)[C@H](C)[C@H]1O[C@@H]1O[C@H](C)C[C@H](N(C)C)[C@H]1O. The number of cyclic esters (lactones) is 1. The van der Waals surface area contributed by atoms with Gasteiger partial charge in [0.05, 0.1) is 47.6 Å². The van der Waals surface area contributed by atoms with Crippen LogP contribution in [0.15, 0.2) is 0 Å². The Kier molecular flexibility index (Phi) is 16.1. The number of terminal acetylenes is 1. The maximum Gasteiger partial charge on any atom is 0.311 e. The monoisotopic (exact) mass is 771 g/mol. The van der Waals surface area contributed by atoms with Crippen LogP contribution >= 0.6 is 0 Å². The number of carbonyl (C=O) groups excluding carboxylic acids is 2. The van der Waals surface area contributed by atoms with Gasteiger partial charge in [0.2, 0.25) is 0 Å². The van der Waals surface area contributed by atoms with E-state index in [1.807, 2.05) is 32.8 Å².